The molecule has 0 bridgehead atoms. The molecule has 0 aromatic rings. The van der Waals surface area contributed by atoms with Crippen LogP contribution >= 0.6 is 24.4 Å². The average Bonchev–Trinajstić information content (AvgIpc) is 1.89. The molecule has 0 fully saturated rings. The van der Waals surface area contributed by atoms with Gasteiger partial charge >= 0.3 is 0 Å². The van der Waals surface area contributed by atoms with Gasteiger partial charge in [0, 0.05) is 11.5 Å². The van der Waals surface area contributed by atoms with Crippen molar-refractivity contribution in [3.8, 4) is 0 Å². The maximum Gasteiger partial charge on any atom is 0.0155 e. The van der Waals surface area contributed by atoms with Gasteiger partial charge in [-0.05, 0) is 12.3 Å². The molecule has 0 aliphatic heterocycles. The van der Waals surface area contributed by atoms with Crippen molar-refractivity contribution < 1.29 is 0 Å². The molecule has 0 heterocycles. The molecule has 2 heteroatoms. The average molecular weight is 160 g/mol. The highest BCUT2D eigenvalue weighted by molar-refractivity contribution is 8.02. The van der Waals surface area contributed by atoms with Crippen LogP contribution in [0.5, 0.6) is 0 Å². The van der Waals surface area contributed by atoms with E-state index in [-0.39, 0.29) is 0 Å². The van der Waals surface area contributed by atoms with Crippen LogP contribution in [0.2, 0.25) is 0 Å². The fourth-order valence-electron chi connectivity index (χ4n) is 0.350. The van der Waals surface area contributed by atoms with E-state index in [1.165, 1.54) is 0 Å². The maximum absolute atomic E-state index is 4.03. The lowest BCUT2D eigenvalue weighted by molar-refractivity contribution is 1.68. The number of thioether (sulfide) groups is 1. The van der Waals surface area contributed by atoms with Crippen LogP contribution in [0, 0.1) is 0 Å². The minimum absolute atomic E-state index is 0.844. The van der Waals surface area contributed by atoms with E-state index in [1.807, 2.05) is 13.0 Å². The number of allylic oxidation sites excluding steroid dienone is 1. The van der Waals surface area contributed by atoms with Gasteiger partial charge in [-0.2, -0.15) is 12.6 Å². The van der Waals surface area contributed by atoms with Crippen molar-refractivity contribution in [2.75, 3.05) is 11.5 Å². The van der Waals surface area contributed by atoms with Crippen molar-refractivity contribution in [2.24, 2.45) is 0 Å². The van der Waals surface area contributed by atoms with E-state index in [0.29, 0.717) is 0 Å². The highest BCUT2D eigenvalue weighted by Gasteiger charge is 1.72. The van der Waals surface area contributed by atoms with Crippen LogP contribution in [-0.2, 0) is 0 Å². The van der Waals surface area contributed by atoms with E-state index >= 15 is 0 Å². The molecule has 0 aliphatic rings. The Labute approximate surface area is 66.8 Å². The molecule has 0 aliphatic carbocycles. The molecule has 0 aromatic heterocycles. The SMILES string of the molecule is CC=CSCC=CCS. The monoisotopic (exact) mass is 160 g/mol. The van der Waals surface area contributed by atoms with Gasteiger partial charge in [0.25, 0.3) is 0 Å². The minimum atomic E-state index is 0.844. The third-order valence-corrected chi connectivity index (χ3v) is 1.76. The van der Waals surface area contributed by atoms with Gasteiger partial charge in [-0.15, -0.1) is 11.8 Å². The van der Waals surface area contributed by atoms with Crippen molar-refractivity contribution in [3.63, 3.8) is 0 Å². The lowest BCUT2D eigenvalue weighted by Crippen LogP contribution is -1.66. The van der Waals surface area contributed by atoms with Crippen LogP contribution in [0.15, 0.2) is 23.6 Å². The first-order valence-electron chi connectivity index (χ1n) is 2.90. The zero-order chi connectivity index (χ0) is 6.95. The molecule has 0 N–H and O–H groups in total. The van der Waals surface area contributed by atoms with Gasteiger partial charge in [-0.25, -0.2) is 0 Å². The Kier molecular flexibility index (Phi) is 8.34. The Morgan fingerprint density at radius 1 is 1.44 bits per heavy atom. The van der Waals surface area contributed by atoms with E-state index in [9.17, 15) is 0 Å². The lowest BCUT2D eigenvalue weighted by Gasteiger charge is -1.83. The second-order valence-corrected chi connectivity index (χ2v) is 2.76. The maximum atomic E-state index is 4.03. The molecule has 0 nitrogen and oxygen atoms in total. The summed E-state index contributed by atoms with van der Waals surface area (Å²) < 4.78 is 0. The van der Waals surface area contributed by atoms with Crippen molar-refractivity contribution in [1.82, 2.24) is 0 Å². The zero-order valence-corrected chi connectivity index (χ0v) is 7.29. The van der Waals surface area contributed by atoms with Crippen LogP contribution in [0.3, 0.4) is 0 Å². The standard InChI is InChI=1S/C7H12S2/c1-2-6-9-7-4-3-5-8/h2-4,6,8H,5,7H2,1H3. The first kappa shape index (κ1) is 9.18. The lowest BCUT2D eigenvalue weighted by atomic mass is 10.6. The molecule has 0 saturated heterocycles. The van der Waals surface area contributed by atoms with E-state index < -0.39 is 0 Å². The highest BCUT2D eigenvalue weighted by Crippen LogP contribution is 2.00. The molecule has 0 radical (unpaired) electrons. The van der Waals surface area contributed by atoms with Gasteiger partial charge in [0.1, 0.15) is 0 Å². The number of rotatable bonds is 4. The van der Waals surface area contributed by atoms with Gasteiger partial charge in [-0.1, -0.05) is 18.2 Å². The van der Waals surface area contributed by atoms with Crippen molar-refractivity contribution in [2.45, 2.75) is 6.92 Å². The summed E-state index contributed by atoms with van der Waals surface area (Å²) in [4.78, 5) is 0. The number of hydrogen-bond donors (Lipinski definition) is 1. The predicted octanol–water partition coefficient (Wildman–Crippen LogP) is 2.74. The zero-order valence-electron chi connectivity index (χ0n) is 5.58. The Morgan fingerprint density at radius 2 is 2.22 bits per heavy atom. The molecular formula is C7H12S2. The van der Waals surface area contributed by atoms with E-state index in [2.05, 4.69) is 30.2 Å². The van der Waals surface area contributed by atoms with E-state index in [1.54, 1.807) is 11.8 Å². The molecule has 0 amide bonds. The minimum Gasteiger partial charge on any atom is -0.175 e. The first-order chi connectivity index (χ1) is 4.41. The third kappa shape index (κ3) is 8.18. The molecule has 52 valence electrons. The van der Waals surface area contributed by atoms with Gasteiger partial charge in [0.05, 0.1) is 0 Å². The first-order valence-corrected chi connectivity index (χ1v) is 4.58. The Hall–Kier alpha value is 0.180. The van der Waals surface area contributed by atoms with Gasteiger partial charge < -0.3 is 0 Å². The fourth-order valence-corrected chi connectivity index (χ4v) is 1.05. The highest BCUT2D eigenvalue weighted by atomic mass is 32.2. The predicted molar refractivity (Wildman–Crippen MR) is 50.3 cm³/mol. The largest absolute Gasteiger partial charge is 0.175 e. The van der Waals surface area contributed by atoms with Crippen LogP contribution in [0.1, 0.15) is 6.92 Å². The third-order valence-electron chi connectivity index (χ3n) is 0.697. The van der Waals surface area contributed by atoms with Crippen molar-refractivity contribution in [3.05, 3.63) is 23.6 Å². The summed E-state index contributed by atoms with van der Waals surface area (Å²) in [5.74, 6) is 1.90. The van der Waals surface area contributed by atoms with Crippen molar-refractivity contribution in [1.29, 1.82) is 0 Å². The summed E-state index contributed by atoms with van der Waals surface area (Å²) in [6, 6.07) is 0. The molecule has 0 spiro atoms. The fraction of sp³-hybridized carbons (Fsp3) is 0.429. The molecule has 0 aromatic carbocycles. The summed E-state index contributed by atoms with van der Waals surface area (Å²) >= 11 is 5.82. The smallest absolute Gasteiger partial charge is 0.0155 e. The number of thiol groups is 1. The van der Waals surface area contributed by atoms with Crippen LogP contribution in [-0.4, -0.2) is 11.5 Å². The molecule has 9 heavy (non-hydrogen) atoms. The molecule has 0 atom stereocenters. The summed E-state index contributed by atoms with van der Waals surface area (Å²) in [7, 11) is 0. The second kappa shape index (κ2) is 8.18. The van der Waals surface area contributed by atoms with Crippen LogP contribution in [0.25, 0.3) is 0 Å². The summed E-state index contributed by atoms with van der Waals surface area (Å²) in [6.07, 6.45) is 6.22. The Morgan fingerprint density at radius 3 is 2.78 bits per heavy atom. The summed E-state index contributed by atoms with van der Waals surface area (Å²) in [5, 5.41) is 2.09. The van der Waals surface area contributed by atoms with Crippen molar-refractivity contribution >= 4 is 24.4 Å². The molecule has 0 unspecified atom stereocenters. The molecule has 0 saturated carbocycles. The van der Waals surface area contributed by atoms with Gasteiger partial charge in [-0.3, -0.25) is 0 Å². The van der Waals surface area contributed by atoms with Gasteiger partial charge in [0.2, 0.25) is 0 Å². The molecular weight excluding hydrogens is 148 g/mol. The quantitative estimate of drug-likeness (QED) is 0.375. The summed E-state index contributed by atoms with van der Waals surface area (Å²) in [5.41, 5.74) is 0. The molecule has 0 rings (SSSR count). The normalized spacial score (nSPS) is 11.8. The Bertz CT molecular complexity index is 95.1. The topological polar surface area (TPSA) is 0 Å². The van der Waals surface area contributed by atoms with E-state index in [0.717, 1.165) is 11.5 Å². The van der Waals surface area contributed by atoms with Crippen LogP contribution < -0.4 is 0 Å². The second-order valence-electron chi connectivity index (χ2n) is 1.46. The summed E-state index contributed by atoms with van der Waals surface area (Å²) in [6.45, 7) is 2.02. The number of hydrogen-bond acceptors (Lipinski definition) is 2. The van der Waals surface area contributed by atoms with E-state index in [4.69, 9.17) is 0 Å². The van der Waals surface area contributed by atoms with Gasteiger partial charge in [0.15, 0.2) is 0 Å². The van der Waals surface area contributed by atoms with Crippen LogP contribution in [0.4, 0.5) is 0 Å². The Balaban J connectivity index is 2.99.